The van der Waals surface area contributed by atoms with E-state index in [2.05, 4.69) is 15.6 Å². The molecule has 2 amide bonds. The van der Waals surface area contributed by atoms with Gasteiger partial charge in [-0.05, 0) is 42.0 Å². The van der Waals surface area contributed by atoms with Crippen LogP contribution in [0.15, 0.2) is 76.1 Å². The molecule has 3 aromatic carbocycles. The van der Waals surface area contributed by atoms with Crippen molar-refractivity contribution in [1.82, 2.24) is 20.3 Å². The molecular weight excluding hydrogens is 591 g/mol. The van der Waals surface area contributed by atoms with Gasteiger partial charge in [0.25, 0.3) is 11.8 Å². The van der Waals surface area contributed by atoms with E-state index >= 15 is 0 Å². The van der Waals surface area contributed by atoms with Crippen LogP contribution in [0, 0.1) is 0 Å². The molecule has 220 valence electrons. The zero-order chi connectivity index (χ0) is 30.7. The number of fused-ring (bicyclic) bond motifs is 2. The predicted octanol–water partition coefficient (Wildman–Crippen LogP) is 3.32. The summed E-state index contributed by atoms with van der Waals surface area (Å²) in [7, 11) is -4.12. The molecule has 5 N–H and O–H groups in total. The van der Waals surface area contributed by atoms with Crippen LogP contribution < -0.4 is 21.1 Å². The molecule has 5 aromatic rings. The summed E-state index contributed by atoms with van der Waals surface area (Å²) >= 11 is 0. The van der Waals surface area contributed by atoms with Crippen molar-refractivity contribution in [2.75, 3.05) is 23.7 Å². The zero-order valence-electron chi connectivity index (χ0n) is 21.8. The average molecular weight is 612 g/mol. The summed E-state index contributed by atoms with van der Waals surface area (Å²) in [6.45, 7) is -0.110. The normalized spacial score (nSPS) is 14.0. The second-order valence-corrected chi connectivity index (χ2v) is 11.1. The van der Waals surface area contributed by atoms with Crippen LogP contribution in [0.2, 0.25) is 0 Å². The molecule has 2 aromatic heterocycles. The van der Waals surface area contributed by atoms with E-state index in [1.165, 1.54) is 54.6 Å². The summed E-state index contributed by atoms with van der Waals surface area (Å²) in [5.41, 5.74) is 5.05. The summed E-state index contributed by atoms with van der Waals surface area (Å²) in [4.78, 5) is 28.0. The van der Waals surface area contributed by atoms with Gasteiger partial charge in [-0.1, -0.05) is 29.4 Å². The van der Waals surface area contributed by atoms with E-state index in [1.54, 1.807) is 6.07 Å². The van der Waals surface area contributed by atoms with Crippen LogP contribution in [-0.4, -0.2) is 48.3 Å². The van der Waals surface area contributed by atoms with Gasteiger partial charge in [-0.25, -0.2) is 18.2 Å². The third-order valence-electron chi connectivity index (χ3n) is 6.85. The standard InChI is InChI=1S/C27H20F3N7O5S/c28-27(29,30)23-13-20(37(34-23)15-6-8-21-18(12-15)24(31)35-42-21)26(39)36-10-9-33-25(38)17-11-14(5-7-19(17)36)16-3-1-2-4-22(16)43(32,40)41/h1-8,11-13H,9-10H2,(H2,31,35)(H,33,38)(H2,32,40,41). The van der Waals surface area contributed by atoms with Gasteiger partial charge in [-0.2, -0.15) is 18.3 Å². The summed E-state index contributed by atoms with van der Waals surface area (Å²) in [6, 6.07) is 15.1. The molecule has 0 atom stereocenters. The van der Waals surface area contributed by atoms with Crippen LogP contribution in [0.1, 0.15) is 26.5 Å². The number of nitrogen functional groups attached to an aromatic ring is 1. The third-order valence-corrected chi connectivity index (χ3v) is 7.82. The number of amides is 2. The van der Waals surface area contributed by atoms with Crippen LogP contribution in [0.3, 0.4) is 0 Å². The summed E-state index contributed by atoms with van der Waals surface area (Å²) in [6.07, 6.45) is -4.87. The second kappa shape index (κ2) is 9.95. The van der Waals surface area contributed by atoms with Gasteiger partial charge in [0.1, 0.15) is 5.69 Å². The van der Waals surface area contributed by atoms with Crippen molar-refractivity contribution in [3.8, 4) is 16.8 Å². The first kappa shape index (κ1) is 27.9. The van der Waals surface area contributed by atoms with Crippen molar-refractivity contribution in [2.24, 2.45) is 5.14 Å². The fraction of sp³-hybridized carbons (Fsp3) is 0.111. The average Bonchev–Trinajstić information content (AvgIpc) is 3.54. The highest BCUT2D eigenvalue weighted by atomic mass is 32.2. The molecule has 0 saturated carbocycles. The Labute approximate surface area is 240 Å². The van der Waals surface area contributed by atoms with Gasteiger partial charge in [0.05, 0.1) is 27.2 Å². The van der Waals surface area contributed by atoms with Gasteiger partial charge in [-0.15, -0.1) is 0 Å². The Morgan fingerprint density at radius 3 is 2.53 bits per heavy atom. The lowest BCUT2D eigenvalue weighted by Crippen LogP contribution is -2.36. The number of hydrogen-bond donors (Lipinski definition) is 3. The SMILES string of the molecule is Nc1noc2ccc(-n3nc(C(F)(F)F)cc3C(=O)N3CCNC(=O)c4cc(-c5ccccc5S(N)(=O)=O)ccc43)cc12. The lowest BCUT2D eigenvalue weighted by atomic mass is 10.0. The summed E-state index contributed by atoms with van der Waals surface area (Å²) in [5.74, 6) is -1.45. The minimum absolute atomic E-state index is 0.00114. The summed E-state index contributed by atoms with van der Waals surface area (Å²) < 4.78 is 71.6. The molecule has 1 aliphatic rings. The Morgan fingerprint density at radius 1 is 1.02 bits per heavy atom. The van der Waals surface area contributed by atoms with E-state index in [4.69, 9.17) is 15.4 Å². The Kier molecular flexibility index (Phi) is 6.46. The molecule has 12 nitrogen and oxygen atoms in total. The Hall–Kier alpha value is -5.22. The zero-order valence-corrected chi connectivity index (χ0v) is 22.6. The number of carbonyl (C=O) groups is 2. The highest BCUT2D eigenvalue weighted by Crippen LogP contribution is 2.35. The molecule has 6 rings (SSSR count). The van der Waals surface area contributed by atoms with E-state index in [0.29, 0.717) is 17.0 Å². The van der Waals surface area contributed by atoms with Crippen LogP contribution >= 0.6 is 0 Å². The maximum Gasteiger partial charge on any atom is 0.435 e. The van der Waals surface area contributed by atoms with Crippen LogP contribution in [0.25, 0.3) is 27.8 Å². The number of nitrogens with one attached hydrogen (secondary N) is 1. The Bertz CT molecular complexity index is 2050. The Balaban J connectivity index is 1.48. The molecule has 0 bridgehead atoms. The third kappa shape index (κ3) is 4.95. The van der Waals surface area contributed by atoms with Crippen molar-refractivity contribution in [2.45, 2.75) is 11.1 Å². The van der Waals surface area contributed by atoms with Crippen molar-refractivity contribution in [3.63, 3.8) is 0 Å². The largest absolute Gasteiger partial charge is 0.435 e. The van der Waals surface area contributed by atoms with Crippen LogP contribution in [0.5, 0.6) is 0 Å². The first-order valence-electron chi connectivity index (χ1n) is 12.5. The quantitative estimate of drug-likeness (QED) is 0.277. The monoisotopic (exact) mass is 611 g/mol. The lowest BCUT2D eigenvalue weighted by Gasteiger charge is -2.23. The molecule has 1 aliphatic heterocycles. The number of nitrogens with zero attached hydrogens (tertiary/aromatic N) is 4. The van der Waals surface area contributed by atoms with Crippen LogP contribution in [-0.2, 0) is 16.2 Å². The first-order valence-corrected chi connectivity index (χ1v) is 14.1. The number of aromatic nitrogens is 3. The highest BCUT2D eigenvalue weighted by Gasteiger charge is 2.38. The smallest absolute Gasteiger partial charge is 0.380 e. The number of carbonyl (C=O) groups excluding carboxylic acids is 2. The molecule has 0 spiro atoms. The molecule has 0 fully saturated rings. The van der Waals surface area contributed by atoms with Crippen molar-refractivity contribution in [3.05, 3.63) is 83.7 Å². The minimum atomic E-state index is -4.87. The first-order chi connectivity index (χ1) is 20.3. The van der Waals surface area contributed by atoms with E-state index < -0.39 is 39.4 Å². The molecule has 16 heteroatoms. The molecule has 0 saturated heterocycles. The number of benzene rings is 3. The number of primary sulfonamides is 1. The van der Waals surface area contributed by atoms with E-state index in [9.17, 15) is 31.2 Å². The minimum Gasteiger partial charge on any atom is -0.380 e. The maximum absolute atomic E-state index is 14.0. The fourth-order valence-electron chi connectivity index (χ4n) is 4.87. The molecule has 0 aliphatic carbocycles. The maximum atomic E-state index is 14.0. The molecular formula is C27H20F3N7O5S. The number of sulfonamides is 1. The molecule has 0 radical (unpaired) electrons. The number of anilines is 2. The molecule has 3 heterocycles. The van der Waals surface area contributed by atoms with Gasteiger partial charge >= 0.3 is 6.18 Å². The van der Waals surface area contributed by atoms with Crippen molar-refractivity contribution < 1.29 is 35.7 Å². The van der Waals surface area contributed by atoms with E-state index in [0.717, 1.165) is 9.58 Å². The van der Waals surface area contributed by atoms with Crippen LogP contribution in [0.4, 0.5) is 24.7 Å². The Morgan fingerprint density at radius 2 is 1.79 bits per heavy atom. The molecule has 0 unspecified atom stereocenters. The number of nitrogens with two attached hydrogens (primary N) is 2. The number of alkyl halides is 3. The lowest BCUT2D eigenvalue weighted by molar-refractivity contribution is -0.141. The predicted molar refractivity (Wildman–Crippen MR) is 148 cm³/mol. The van der Waals surface area contributed by atoms with Gasteiger partial charge in [0.2, 0.25) is 10.0 Å². The summed E-state index contributed by atoms with van der Waals surface area (Å²) in [5, 5.41) is 15.6. The van der Waals surface area contributed by atoms with Gasteiger partial charge in [-0.3, -0.25) is 9.59 Å². The number of halogens is 3. The molecule has 43 heavy (non-hydrogen) atoms. The second-order valence-electron chi connectivity index (χ2n) is 9.56. The number of rotatable bonds is 4. The number of hydrogen-bond acceptors (Lipinski definition) is 8. The highest BCUT2D eigenvalue weighted by molar-refractivity contribution is 7.89. The van der Waals surface area contributed by atoms with Gasteiger partial charge < -0.3 is 20.5 Å². The van der Waals surface area contributed by atoms with Gasteiger partial charge in [0, 0.05) is 24.7 Å². The van der Waals surface area contributed by atoms with Gasteiger partial charge in [0.15, 0.2) is 17.1 Å². The van der Waals surface area contributed by atoms with Crippen molar-refractivity contribution in [1.29, 1.82) is 0 Å². The van der Waals surface area contributed by atoms with Crippen molar-refractivity contribution >= 4 is 44.3 Å². The fourth-order valence-corrected chi connectivity index (χ4v) is 5.63. The van der Waals surface area contributed by atoms with E-state index in [1.807, 2.05) is 0 Å². The van der Waals surface area contributed by atoms with E-state index in [-0.39, 0.29) is 51.9 Å². The topological polar surface area (TPSA) is 179 Å².